The molecule has 0 aromatic heterocycles. The number of hydrogen-bond donors (Lipinski definition) is 0. The number of carbonyl (C=O) groups excluding carboxylic acids is 1. The molecule has 0 spiro atoms. The molecule has 0 heterocycles. The van der Waals surface area contributed by atoms with Gasteiger partial charge >= 0.3 is 18.8 Å². The van der Waals surface area contributed by atoms with E-state index >= 15 is 0 Å². The van der Waals surface area contributed by atoms with Crippen molar-refractivity contribution in [1.82, 2.24) is 0 Å². The molecule has 10 heteroatoms. The Bertz CT molecular complexity index is 899. The van der Waals surface area contributed by atoms with Crippen molar-refractivity contribution in [2.45, 2.75) is 32.2 Å². The average molecular weight is 432 g/mol. The van der Waals surface area contributed by atoms with Crippen LogP contribution in [0, 0.1) is 5.92 Å². The van der Waals surface area contributed by atoms with E-state index in [9.17, 15) is 26.7 Å². The molecule has 2 aromatic carbocycles. The highest BCUT2D eigenvalue weighted by molar-refractivity contribution is 5.76. The Morgan fingerprint density at radius 2 is 1.83 bits per heavy atom. The third-order valence-electron chi connectivity index (χ3n) is 4.13. The van der Waals surface area contributed by atoms with Gasteiger partial charge in [0, 0.05) is 12.5 Å². The minimum atomic E-state index is -4.73. The third kappa shape index (κ3) is 5.52. The van der Waals surface area contributed by atoms with Crippen LogP contribution in [0.5, 0.6) is 23.0 Å². The number of carbonyl (C=O) groups is 1. The van der Waals surface area contributed by atoms with Gasteiger partial charge in [-0.3, -0.25) is 4.79 Å². The number of esters is 1. The number of benzene rings is 2. The minimum absolute atomic E-state index is 0.125. The van der Waals surface area contributed by atoms with Gasteiger partial charge in [0.2, 0.25) is 0 Å². The predicted octanol–water partition coefficient (Wildman–Crippen LogP) is 5.43. The number of rotatable bonds is 8. The summed E-state index contributed by atoms with van der Waals surface area (Å²) in [5.74, 6) is -1.33. The average Bonchev–Trinajstić information content (AvgIpc) is 3.41. The van der Waals surface area contributed by atoms with Crippen molar-refractivity contribution in [2.75, 3.05) is 6.61 Å². The van der Waals surface area contributed by atoms with Crippen LogP contribution in [-0.2, 0) is 15.7 Å². The second-order valence-corrected chi connectivity index (χ2v) is 6.37. The Morgan fingerprint density at radius 3 is 2.50 bits per heavy atom. The lowest BCUT2D eigenvalue weighted by Crippen LogP contribution is -2.12. The summed E-state index contributed by atoms with van der Waals surface area (Å²) in [5.41, 5.74) is -1.15. The molecular weight excluding hydrogens is 415 g/mol. The first-order valence-electron chi connectivity index (χ1n) is 8.94. The largest absolute Gasteiger partial charge is 0.489 e. The van der Waals surface area contributed by atoms with Gasteiger partial charge in [0.1, 0.15) is 17.6 Å². The van der Waals surface area contributed by atoms with Crippen LogP contribution in [0.3, 0.4) is 0 Å². The molecule has 0 N–H and O–H groups in total. The van der Waals surface area contributed by atoms with E-state index in [0.29, 0.717) is 24.3 Å². The maximum Gasteiger partial charge on any atom is 0.416 e. The zero-order valence-electron chi connectivity index (χ0n) is 15.6. The molecule has 1 aliphatic rings. The number of halogens is 5. The van der Waals surface area contributed by atoms with Crippen LogP contribution < -0.4 is 14.2 Å². The van der Waals surface area contributed by atoms with Gasteiger partial charge in [-0.05, 0) is 37.3 Å². The van der Waals surface area contributed by atoms with Crippen LogP contribution in [0.15, 0.2) is 42.5 Å². The van der Waals surface area contributed by atoms with Gasteiger partial charge in [-0.2, -0.15) is 22.0 Å². The lowest BCUT2D eigenvalue weighted by molar-refractivity contribution is -0.145. The van der Waals surface area contributed by atoms with Gasteiger partial charge < -0.3 is 18.9 Å². The Morgan fingerprint density at radius 1 is 1.10 bits per heavy atom. The molecule has 5 nitrogen and oxygen atoms in total. The van der Waals surface area contributed by atoms with E-state index < -0.39 is 24.1 Å². The number of hydrogen-bond acceptors (Lipinski definition) is 5. The maximum atomic E-state index is 12.8. The van der Waals surface area contributed by atoms with E-state index in [1.54, 1.807) is 19.1 Å². The smallest absolute Gasteiger partial charge is 0.416 e. The molecule has 162 valence electrons. The molecule has 0 radical (unpaired) electrons. The number of alkyl halides is 5. The summed E-state index contributed by atoms with van der Waals surface area (Å²) in [6.45, 7) is -1.37. The van der Waals surface area contributed by atoms with E-state index in [4.69, 9.17) is 14.2 Å². The standard InChI is InChI=1S/C20H17F5O5/c1-2-27-18(26)14-10-16(14)29-13-5-3-4-12(9-13)28-15-7-6-11(20(23,24)25)8-17(15)30-19(21)22/h3-9,14,16,19H,2,10H2,1H3/t14?,16-/m1/s1. The van der Waals surface area contributed by atoms with Crippen molar-refractivity contribution in [3.8, 4) is 23.0 Å². The highest BCUT2D eigenvalue weighted by atomic mass is 19.4. The van der Waals surface area contributed by atoms with E-state index in [2.05, 4.69) is 4.74 Å². The van der Waals surface area contributed by atoms with Gasteiger partial charge in [0.05, 0.1) is 18.1 Å². The third-order valence-corrected chi connectivity index (χ3v) is 4.13. The first kappa shape index (κ1) is 21.7. The van der Waals surface area contributed by atoms with E-state index in [0.717, 1.165) is 6.07 Å². The molecule has 1 aliphatic carbocycles. The van der Waals surface area contributed by atoms with Crippen LogP contribution in [0.1, 0.15) is 18.9 Å². The Kier molecular flexibility index (Phi) is 6.33. The molecule has 1 fully saturated rings. The minimum Gasteiger partial charge on any atom is -0.489 e. The molecule has 3 rings (SSSR count). The van der Waals surface area contributed by atoms with Crippen LogP contribution in [0.25, 0.3) is 0 Å². The van der Waals surface area contributed by atoms with Crippen LogP contribution in [0.2, 0.25) is 0 Å². The monoisotopic (exact) mass is 432 g/mol. The SMILES string of the molecule is CCOC(=O)C1C[C@H]1Oc1cccc(Oc2ccc(C(F)(F)F)cc2OC(F)F)c1. The van der Waals surface area contributed by atoms with Gasteiger partial charge in [-0.15, -0.1) is 0 Å². The molecule has 2 aromatic rings. The quantitative estimate of drug-likeness (QED) is 0.411. The summed E-state index contributed by atoms with van der Waals surface area (Å²) in [6, 6.07) is 8.06. The summed E-state index contributed by atoms with van der Waals surface area (Å²) in [6.07, 6.45) is -4.59. The highest BCUT2D eigenvalue weighted by Gasteiger charge is 2.46. The van der Waals surface area contributed by atoms with Crippen molar-refractivity contribution >= 4 is 5.97 Å². The summed E-state index contributed by atoms with van der Waals surface area (Å²) in [5, 5.41) is 0. The molecule has 1 saturated carbocycles. The summed E-state index contributed by atoms with van der Waals surface area (Å²) in [4.78, 5) is 11.7. The molecule has 30 heavy (non-hydrogen) atoms. The lowest BCUT2D eigenvalue weighted by Gasteiger charge is -2.15. The van der Waals surface area contributed by atoms with Crippen LogP contribution >= 0.6 is 0 Å². The molecule has 1 unspecified atom stereocenters. The van der Waals surface area contributed by atoms with Gasteiger partial charge in [-0.1, -0.05) is 6.07 Å². The predicted molar refractivity (Wildman–Crippen MR) is 93.7 cm³/mol. The molecule has 0 aliphatic heterocycles. The van der Waals surface area contributed by atoms with E-state index in [1.807, 2.05) is 0 Å². The van der Waals surface area contributed by atoms with E-state index in [1.165, 1.54) is 12.1 Å². The Balaban J connectivity index is 1.73. The fraction of sp³-hybridized carbons (Fsp3) is 0.350. The van der Waals surface area contributed by atoms with Gasteiger partial charge in [0.25, 0.3) is 0 Å². The summed E-state index contributed by atoms with van der Waals surface area (Å²) < 4.78 is 84.0. The summed E-state index contributed by atoms with van der Waals surface area (Å²) >= 11 is 0. The van der Waals surface area contributed by atoms with Gasteiger partial charge in [0.15, 0.2) is 11.5 Å². The van der Waals surface area contributed by atoms with Crippen molar-refractivity contribution in [3.05, 3.63) is 48.0 Å². The molecule has 2 atom stereocenters. The first-order valence-corrected chi connectivity index (χ1v) is 8.94. The zero-order valence-corrected chi connectivity index (χ0v) is 15.6. The molecule has 0 saturated heterocycles. The fourth-order valence-electron chi connectivity index (χ4n) is 2.67. The molecular formula is C20H17F5O5. The Labute approximate surface area is 168 Å². The van der Waals surface area contributed by atoms with Crippen LogP contribution in [0.4, 0.5) is 22.0 Å². The zero-order chi connectivity index (χ0) is 21.9. The molecule has 0 amide bonds. The van der Waals surface area contributed by atoms with Crippen molar-refractivity contribution < 1.29 is 45.7 Å². The normalized spacial score (nSPS) is 18.1. The second kappa shape index (κ2) is 8.76. The highest BCUT2D eigenvalue weighted by Crippen LogP contribution is 2.40. The van der Waals surface area contributed by atoms with Crippen LogP contribution in [-0.4, -0.2) is 25.3 Å². The maximum absolute atomic E-state index is 12.8. The van der Waals surface area contributed by atoms with Crippen molar-refractivity contribution in [1.29, 1.82) is 0 Å². The van der Waals surface area contributed by atoms with Crippen molar-refractivity contribution in [3.63, 3.8) is 0 Å². The van der Waals surface area contributed by atoms with E-state index in [-0.39, 0.29) is 36.1 Å². The molecule has 0 bridgehead atoms. The topological polar surface area (TPSA) is 54.0 Å². The lowest BCUT2D eigenvalue weighted by atomic mass is 10.2. The fourth-order valence-corrected chi connectivity index (χ4v) is 2.67. The summed E-state index contributed by atoms with van der Waals surface area (Å²) in [7, 11) is 0. The van der Waals surface area contributed by atoms with Crippen molar-refractivity contribution in [2.24, 2.45) is 5.92 Å². The van der Waals surface area contributed by atoms with Gasteiger partial charge in [-0.25, -0.2) is 0 Å². The first-order chi connectivity index (χ1) is 14.2. The second-order valence-electron chi connectivity index (χ2n) is 6.37. The Hall–Kier alpha value is -3.04. The number of ether oxygens (including phenoxy) is 4.